The van der Waals surface area contributed by atoms with Gasteiger partial charge in [0.15, 0.2) is 0 Å². The summed E-state index contributed by atoms with van der Waals surface area (Å²) in [5.74, 6) is 0.129. The van der Waals surface area contributed by atoms with Crippen molar-refractivity contribution in [2.24, 2.45) is 5.73 Å². The largest absolute Gasteiger partial charge is 0.393 e. The van der Waals surface area contributed by atoms with Gasteiger partial charge >= 0.3 is 0 Å². The Morgan fingerprint density at radius 1 is 0.786 bits per heavy atom. The summed E-state index contributed by atoms with van der Waals surface area (Å²) in [6.07, 6.45) is 12.6. The minimum atomic E-state index is -0.541. The van der Waals surface area contributed by atoms with E-state index >= 15 is 0 Å². The Morgan fingerprint density at radius 3 is 2.07 bits per heavy atom. The van der Waals surface area contributed by atoms with Gasteiger partial charge in [-0.3, -0.25) is 14.4 Å². The van der Waals surface area contributed by atoms with E-state index in [9.17, 15) is 19.5 Å². The van der Waals surface area contributed by atoms with E-state index in [0.29, 0.717) is 35.2 Å². The molecule has 2 saturated heterocycles. The molecule has 4 fully saturated rings. The number of carbonyl (C=O) groups excluding carboxylic acids is 3. The molecule has 2 aliphatic heterocycles. The molecule has 1 aromatic carbocycles. The zero-order chi connectivity index (χ0) is 29.2. The van der Waals surface area contributed by atoms with Gasteiger partial charge in [0, 0.05) is 47.7 Å². The third-order valence-electron chi connectivity index (χ3n) is 9.64. The van der Waals surface area contributed by atoms with Gasteiger partial charge in [0.2, 0.25) is 0 Å². The van der Waals surface area contributed by atoms with Crippen molar-refractivity contribution < 1.29 is 19.5 Å². The van der Waals surface area contributed by atoms with E-state index in [1.807, 2.05) is 12.1 Å². The van der Waals surface area contributed by atoms with Crippen LogP contribution in [0.25, 0.3) is 0 Å². The van der Waals surface area contributed by atoms with Gasteiger partial charge in [-0.25, -0.2) is 4.98 Å². The SMILES string of the molecule is NC(=O)c1ccc(C(=O)NC2CC3CCC(C2)N3c2ccc(C(=O)NC3CCCC3)cn2)cc1NC1CCC(O)CC1. The van der Waals surface area contributed by atoms with Gasteiger partial charge in [-0.2, -0.15) is 0 Å². The average Bonchev–Trinajstić information content (AvgIpc) is 3.59. The van der Waals surface area contributed by atoms with Crippen molar-refractivity contribution in [2.45, 2.75) is 113 Å². The molecule has 4 aliphatic rings. The number of amides is 3. The number of fused-ring (bicyclic) bond motifs is 2. The molecule has 2 aromatic rings. The zero-order valence-electron chi connectivity index (χ0n) is 24.1. The number of nitrogens with zero attached hydrogens (tertiary/aromatic N) is 2. The summed E-state index contributed by atoms with van der Waals surface area (Å²) in [7, 11) is 0. The number of pyridine rings is 1. The van der Waals surface area contributed by atoms with Gasteiger partial charge < -0.3 is 31.7 Å². The molecule has 2 aliphatic carbocycles. The average molecular weight is 575 g/mol. The Balaban J connectivity index is 1.08. The maximum atomic E-state index is 13.3. The molecule has 224 valence electrons. The minimum Gasteiger partial charge on any atom is -0.393 e. The standard InChI is InChI=1S/C32H42N6O4/c33-30(40)27-13-5-19(15-28(27)35-22-7-11-26(39)12-8-22)31(41)37-23-16-24-9-10-25(17-23)38(24)29-14-6-20(18-34-29)32(42)36-21-3-1-2-4-21/h5-6,13-15,18,21-26,35,39H,1-4,7-12,16-17H2,(H2,33,40)(H,36,42)(H,37,41). The van der Waals surface area contributed by atoms with Crippen LogP contribution in [0, 0.1) is 0 Å². The van der Waals surface area contributed by atoms with Crippen molar-refractivity contribution in [1.29, 1.82) is 0 Å². The number of carbonyl (C=O) groups is 3. The maximum absolute atomic E-state index is 13.3. The first-order valence-corrected chi connectivity index (χ1v) is 15.6. The topological polar surface area (TPSA) is 150 Å². The fourth-order valence-corrected chi connectivity index (χ4v) is 7.41. The highest BCUT2D eigenvalue weighted by molar-refractivity contribution is 6.02. The number of hydrogen-bond acceptors (Lipinski definition) is 7. The Labute approximate surface area is 246 Å². The van der Waals surface area contributed by atoms with Crippen LogP contribution >= 0.6 is 0 Å². The highest BCUT2D eigenvalue weighted by atomic mass is 16.3. The molecular formula is C32H42N6O4. The van der Waals surface area contributed by atoms with E-state index in [1.54, 1.807) is 24.4 Å². The van der Waals surface area contributed by atoms with Gasteiger partial charge in [-0.1, -0.05) is 12.8 Å². The molecule has 2 atom stereocenters. The van der Waals surface area contributed by atoms with Crippen molar-refractivity contribution in [1.82, 2.24) is 15.6 Å². The lowest BCUT2D eigenvalue weighted by Crippen LogP contribution is -2.50. The third kappa shape index (κ3) is 6.23. The molecule has 1 aromatic heterocycles. The van der Waals surface area contributed by atoms with Crippen LogP contribution in [0.4, 0.5) is 11.5 Å². The number of piperidine rings is 1. The number of rotatable bonds is 8. The maximum Gasteiger partial charge on any atom is 0.253 e. The lowest BCUT2D eigenvalue weighted by Gasteiger charge is -2.40. The highest BCUT2D eigenvalue weighted by Crippen LogP contribution is 2.39. The molecule has 42 heavy (non-hydrogen) atoms. The van der Waals surface area contributed by atoms with Crippen LogP contribution in [-0.4, -0.2) is 64.1 Å². The van der Waals surface area contributed by atoms with Crippen molar-refractivity contribution >= 4 is 29.2 Å². The van der Waals surface area contributed by atoms with Crippen molar-refractivity contribution in [3.63, 3.8) is 0 Å². The number of nitrogens with one attached hydrogen (secondary N) is 3. The number of aromatic nitrogens is 1. The molecule has 6 N–H and O–H groups in total. The zero-order valence-corrected chi connectivity index (χ0v) is 24.1. The first-order valence-electron chi connectivity index (χ1n) is 15.6. The molecule has 10 nitrogen and oxygen atoms in total. The lowest BCUT2D eigenvalue weighted by atomic mass is 9.92. The van der Waals surface area contributed by atoms with Crippen LogP contribution in [0.3, 0.4) is 0 Å². The second-order valence-corrected chi connectivity index (χ2v) is 12.6. The summed E-state index contributed by atoms with van der Waals surface area (Å²) in [5, 5.41) is 19.6. The van der Waals surface area contributed by atoms with Crippen LogP contribution in [0.1, 0.15) is 108 Å². The summed E-state index contributed by atoms with van der Waals surface area (Å²) in [6.45, 7) is 0. The number of anilines is 2. The van der Waals surface area contributed by atoms with Gasteiger partial charge in [-0.15, -0.1) is 0 Å². The first kappa shape index (κ1) is 28.5. The molecule has 0 radical (unpaired) electrons. The smallest absolute Gasteiger partial charge is 0.253 e. The van der Waals surface area contributed by atoms with Crippen molar-refractivity contribution in [3.05, 3.63) is 53.2 Å². The van der Waals surface area contributed by atoms with Crippen LogP contribution < -0.4 is 26.6 Å². The van der Waals surface area contributed by atoms with E-state index < -0.39 is 5.91 Å². The number of nitrogens with two attached hydrogens (primary N) is 1. The Bertz CT molecular complexity index is 1290. The van der Waals surface area contributed by atoms with Crippen molar-refractivity contribution in [3.8, 4) is 0 Å². The third-order valence-corrected chi connectivity index (χ3v) is 9.64. The highest BCUT2D eigenvalue weighted by Gasteiger charge is 2.42. The van der Waals surface area contributed by atoms with E-state index in [4.69, 9.17) is 5.73 Å². The number of benzene rings is 1. The molecule has 0 spiro atoms. The number of hydrogen-bond donors (Lipinski definition) is 5. The van der Waals surface area contributed by atoms with Gasteiger partial charge in [0.1, 0.15) is 5.82 Å². The van der Waals surface area contributed by atoms with Crippen LogP contribution in [0.5, 0.6) is 0 Å². The van der Waals surface area contributed by atoms with Gasteiger partial charge in [-0.05, 0) is 94.5 Å². The molecule has 3 heterocycles. The second kappa shape index (κ2) is 12.3. The second-order valence-electron chi connectivity index (χ2n) is 12.6. The molecule has 10 heteroatoms. The number of primary amides is 1. The monoisotopic (exact) mass is 574 g/mol. The fourth-order valence-electron chi connectivity index (χ4n) is 7.41. The quantitative estimate of drug-likeness (QED) is 0.324. The number of aliphatic hydroxyl groups is 1. The molecule has 6 rings (SSSR count). The lowest BCUT2D eigenvalue weighted by molar-refractivity contribution is 0.0922. The van der Waals surface area contributed by atoms with Crippen LogP contribution in [0.2, 0.25) is 0 Å². The fraction of sp³-hybridized carbons (Fsp3) is 0.562. The van der Waals surface area contributed by atoms with Crippen LogP contribution in [0.15, 0.2) is 36.5 Å². The predicted octanol–water partition coefficient (Wildman–Crippen LogP) is 3.50. The minimum absolute atomic E-state index is 0.0368. The molecular weight excluding hydrogens is 532 g/mol. The van der Waals surface area contributed by atoms with Crippen molar-refractivity contribution in [2.75, 3.05) is 10.2 Å². The van der Waals surface area contributed by atoms with E-state index in [-0.39, 0.29) is 48.1 Å². The summed E-state index contributed by atoms with van der Waals surface area (Å²) in [5.41, 5.74) is 7.63. The molecule has 2 unspecified atom stereocenters. The van der Waals surface area contributed by atoms with E-state index in [1.165, 1.54) is 12.8 Å². The Kier molecular flexibility index (Phi) is 8.33. The Morgan fingerprint density at radius 2 is 1.43 bits per heavy atom. The van der Waals surface area contributed by atoms with E-state index in [0.717, 1.165) is 57.2 Å². The first-order chi connectivity index (χ1) is 20.3. The summed E-state index contributed by atoms with van der Waals surface area (Å²) in [4.78, 5) is 45.1. The summed E-state index contributed by atoms with van der Waals surface area (Å²) < 4.78 is 0. The Hall–Kier alpha value is -3.66. The molecule has 2 saturated carbocycles. The predicted molar refractivity (Wildman–Crippen MR) is 161 cm³/mol. The summed E-state index contributed by atoms with van der Waals surface area (Å²) >= 11 is 0. The van der Waals surface area contributed by atoms with E-state index in [2.05, 4.69) is 25.8 Å². The number of aliphatic hydroxyl groups excluding tert-OH is 1. The normalized spacial score (nSPS) is 27.5. The molecule has 3 amide bonds. The molecule has 2 bridgehead atoms. The summed E-state index contributed by atoms with van der Waals surface area (Å²) in [6, 6.07) is 9.80. The van der Waals surface area contributed by atoms with Gasteiger partial charge in [0.25, 0.3) is 17.7 Å². The van der Waals surface area contributed by atoms with Crippen LogP contribution in [-0.2, 0) is 0 Å². The van der Waals surface area contributed by atoms with Gasteiger partial charge in [0.05, 0.1) is 17.2 Å².